The van der Waals surface area contributed by atoms with Gasteiger partial charge in [-0.05, 0) is 24.6 Å². The van der Waals surface area contributed by atoms with Crippen LogP contribution in [0, 0.1) is 0 Å². The van der Waals surface area contributed by atoms with E-state index in [2.05, 4.69) is 4.98 Å². The quantitative estimate of drug-likeness (QED) is 0.820. The third kappa shape index (κ3) is 2.23. The van der Waals surface area contributed by atoms with E-state index in [4.69, 9.17) is 4.74 Å². The number of ether oxygens (including phenoxy) is 1. The minimum absolute atomic E-state index is 0.207. The van der Waals surface area contributed by atoms with Crippen molar-refractivity contribution in [2.24, 2.45) is 0 Å². The maximum absolute atomic E-state index is 9.91. The molecule has 1 aromatic heterocycles. The summed E-state index contributed by atoms with van der Waals surface area (Å²) in [5.74, 6) is 0. The molecular weight excluding hydrogens is 242 g/mol. The first-order valence-corrected chi connectivity index (χ1v) is 6.52. The minimum Gasteiger partial charge on any atom is -0.390 e. The van der Waals surface area contributed by atoms with Crippen LogP contribution in [-0.4, -0.2) is 33.5 Å². The lowest BCUT2D eigenvalue weighted by molar-refractivity contribution is -0.163. The molecule has 0 radical (unpaired) electrons. The smallest absolute Gasteiger partial charge is 0.106 e. The summed E-state index contributed by atoms with van der Waals surface area (Å²) >= 11 is 0. The normalized spacial score (nSPS) is 31.5. The fourth-order valence-electron chi connectivity index (χ4n) is 2.67. The molecule has 100 valence electrons. The number of aliphatic hydroxyl groups excluding tert-OH is 2. The maximum Gasteiger partial charge on any atom is 0.106 e. The Kier molecular flexibility index (Phi) is 3.22. The summed E-state index contributed by atoms with van der Waals surface area (Å²) in [7, 11) is 0. The van der Waals surface area contributed by atoms with E-state index in [-0.39, 0.29) is 12.2 Å². The molecule has 1 saturated heterocycles. The molecule has 4 nitrogen and oxygen atoms in total. The fourth-order valence-corrected chi connectivity index (χ4v) is 2.67. The van der Waals surface area contributed by atoms with Crippen molar-refractivity contribution >= 4 is 10.9 Å². The lowest BCUT2D eigenvalue weighted by Gasteiger charge is -2.36. The van der Waals surface area contributed by atoms with Crippen LogP contribution in [0.2, 0.25) is 0 Å². The number of benzene rings is 1. The summed E-state index contributed by atoms with van der Waals surface area (Å²) in [5.41, 5.74) is 1.93. The van der Waals surface area contributed by atoms with Gasteiger partial charge in [0.15, 0.2) is 0 Å². The molecule has 1 aliphatic rings. The molecule has 1 aliphatic heterocycles. The first kappa shape index (κ1) is 12.5. The second-order valence-corrected chi connectivity index (χ2v) is 5.04. The van der Waals surface area contributed by atoms with E-state index >= 15 is 0 Å². The summed E-state index contributed by atoms with van der Waals surface area (Å²) < 4.78 is 5.83. The van der Waals surface area contributed by atoms with Gasteiger partial charge in [-0.25, -0.2) is 0 Å². The molecule has 0 bridgehead atoms. The lowest BCUT2D eigenvalue weighted by Crippen LogP contribution is -2.43. The van der Waals surface area contributed by atoms with Gasteiger partial charge >= 0.3 is 0 Å². The summed E-state index contributed by atoms with van der Waals surface area (Å²) in [6.07, 6.45) is 0.00909. The second-order valence-electron chi connectivity index (χ2n) is 5.04. The van der Waals surface area contributed by atoms with Gasteiger partial charge < -0.3 is 14.9 Å². The number of hydrogen-bond acceptors (Lipinski definition) is 4. The maximum atomic E-state index is 9.91. The molecule has 0 spiro atoms. The Morgan fingerprint density at radius 2 is 2.00 bits per heavy atom. The molecule has 2 heterocycles. The van der Waals surface area contributed by atoms with Gasteiger partial charge in [0.05, 0.1) is 23.8 Å². The number of rotatable bonds is 1. The summed E-state index contributed by atoms with van der Waals surface area (Å²) in [6, 6.07) is 9.79. The second kappa shape index (κ2) is 4.89. The van der Waals surface area contributed by atoms with Crippen molar-refractivity contribution in [3.63, 3.8) is 0 Å². The van der Waals surface area contributed by atoms with Crippen LogP contribution < -0.4 is 0 Å². The van der Waals surface area contributed by atoms with Crippen LogP contribution >= 0.6 is 0 Å². The minimum atomic E-state index is -0.815. The molecule has 0 aliphatic carbocycles. The zero-order chi connectivity index (χ0) is 13.4. The number of hydrogen-bond donors (Lipinski definition) is 2. The van der Waals surface area contributed by atoms with Crippen LogP contribution in [-0.2, 0) is 4.74 Å². The van der Waals surface area contributed by atoms with Gasteiger partial charge in [-0.2, -0.15) is 0 Å². The Labute approximate surface area is 111 Å². The number of pyridine rings is 1. The molecule has 0 saturated carbocycles. The van der Waals surface area contributed by atoms with E-state index in [9.17, 15) is 10.2 Å². The average Bonchev–Trinajstić information content (AvgIpc) is 2.43. The average molecular weight is 259 g/mol. The van der Waals surface area contributed by atoms with Crippen molar-refractivity contribution in [2.45, 2.75) is 37.8 Å². The van der Waals surface area contributed by atoms with Crippen LogP contribution in [0.5, 0.6) is 0 Å². The highest BCUT2D eigenvalue weighted by Gasteiger charge is 2.35. The first-order valence-electron chi connectivity index (χ1n) is 6.52. The molecule has 3 rings (SSSR count). The summed E-state index contributed by atoms with van der Waals surface area (Å²) in [6.45, 7) is 1.78. The van der Waals surface area contributed by atoms with Crippen LogP contribution in [0.1, 0.15) is 25.0 Å². The number of nitrogens with zero attached hydrogens (tertiary/aromatic N) is 1. The molecule has 4 atom stereocenters. The van der Waals surface area contributed by atoms with Crippen molar-refractivity contribution in [1.82, 2.24) is 4.98 Å². The van der Waals surface area contributed by atoms with E-state index in [1.54, 1.807) is 13.1 Å². The molecule has 0 amide bonds. The van der Waals surface area contributed by atoms with Gasteiger partial charge in [-0.15, -0.1) is 0 Å². The van der Waals surface area contributed by atoms with Gasteiger partial charge in [0.1, 0.15) is 6.10 Å². The van der Waals surface area contributed by atoms with E-state index in [0.29, 0.717) is 6.42 Å². The van der Waals surface area contributed by atoms with E-state index in [1.807, 2.05) is 30.3 Å². The highest BCUT2D eigenvalue weighted by atomic mass is 16.5. The van der Waals surface area contributed by atoms with Gasteiger partial charge in [0.2, 0.25) is 0 Å². The highest BCUT2D eigenvalue weighted by molar-refractivity contribution is 5.82. The number of para-hydroxylation sites is 1. The predicted molar refractivity (Wildman–Crippen MR) is 71.7 cm³/mol. The topological polar surface area (TPSA) is 62.6 Å². The Morgan fingerprint density at radius 3 is 2.79 bits per heavy atom. The van der Waals surface area contributed by atoms with Gasteiger partial charge in [0, 0.05) is 18.0 Å². The first-order chi connectivity index (χ1) is 9.16. The molecule has 1 aromatic carbocycles. The molecular formula is C15H17NO3. The van der Waals surface area contributed by atoms with Gasteiger partial charge in [-0.1, -0.05) is 18.2 Å². The van der Waals surface area contributed by atoms with Crippen LogP contribution in [0.25, 0.3) is 10.9 Å². The standard InChI is InChI=1S/C15H17NO3/c1-9-15(18)13(17)8-14(19-9)11-6-7-16-12-5-3-2-4-10(11)12/h2-7,9,13-15,17-18H,8H2,1H3. The third-order valence-electron chi connectivity index (χ3n) is 3.74. The summed E-state index contributed by atoms with van der Waals surface area (Å²) in [4.78, 5) is 4.32. The molecule has 2 N–H and O–H groups in total. The van der Waals surface area contributed by atoms with Crippen molar-refractivity contribution in [3.05, 3.63) is 42.1 Å². The van der Waals surface area contributed by atoms with Crippen molar-refractivity contribution in [1.29, 1.82) is 0 Å². The SMILES string of the molecule is CC1OC(c2ccnc3ccccc23)CC(O)C1O. The van der Waals surface area contributed by atoms with E-state index in [0.717, 1.165) is 16.5 Å². The Hall–Kier alpha value is -1.49. The number of aliphatic hydroxyl groups is 2. The highest BCUT2D eigenvalue weighted by Crippen LogP contribution is 2.34. The van der Waals surface area contributed by atoms with Crippen LogP contribution in [0.4, 0.5) is 0 Å². The molecule has 4 heteroatoms. The largest absolute Gasteiger partial charge is 0.390 e. The molecule has 1 fully saturated rings. The number of fused-ring (bicyclic) bond motifs is 1. The van der Waals surface area contributed by atoms with E-state index < -0.39 is 12.2 Å². The number of aromatic nitrogens is 1. The zero-order valence-corrected chi connectivity index (χ0v) is 10.7. The molecule has 2 aromatic rings. The van der Waals surface area contributed by atoms with E-state index in [1.165, 1.54) is 0 Å². The fraction of sp³-hybridized carbons (Fsp3) is 0.400. The van der Waals surface area contributed by atoms with Crippen molar-refractivity contribution < 1.29 is 14.9 Å². The third-order valence-corrected chi connectivity index (χ3v) is 3.74. The molecule has 19 heavy (non-hydrogen) atoms. The Balaban J connectivity index is 2.01. The van der Waals surface area contributed by atoms with Gasteiger partial charge in [0.25, 0.3) is 0 Å². The monoisotopic (exact) mass is 259 g/mol. The van der Waals surface area contributed by atoms with Crippen molar-refractivity contribution in [3.8, 4) is 0 Å². The van der Waals surface area contributed by atoms with Crippen LogP contribution in [0.15, 0.2) is 36.5 Å². The van der Waals surface area contributed by atoms with Crippen molar-refractivity contribution in [2.75, 3.05) is 0 Å². The Bertz CT molecular complexity index is 569. The molecule has 4 unspecified atom stereocenters. The lowest BCUT2D eigenvalue weighted by atomic mass is 9.93. The zero-order valence-electron chi connectivity index (χ0n) is 10.7. The van der Waals surface area contributed by atoms with Crippen LogP contribution in [0.3, 0.4) is 0 Å². The Morgan fingerprint density at radius 1 is 1.21 bits per heavy atom. The predicted octanol–water partition coefficient (Wildman–Crippen LogP) is 1.81. The van der Waals surface area contributed by atoms with Gasteiger partial charge in [-0.3, -0.25) is 4.98 Å². The summed E-state index contributed by atoms with van der Waals surface area (Å²) in [5, 5.41) is 20.7.